The lowest BCUT2D eigenvalue weighted by atomic mass is 10.0. The molecule has 0 N–H and O–H groups in total. The van der Waals surface area contributed by atoms with Gasteiger partial charge in [-0.3, -0.25) is 0 Å². The van der Waals surface area contributed by atoms with E-state index in [0.717, 1.165) is 36.6 Å². The summed E-state index contributed by atoms with van der Waals surface area (Å²) in [4.78, 5) is 12.7. The van der Waals surface area contributed by atoms with Gasteiger partial charge >= 0.3 is 5.97 Å². The molecule has 0 atom stereocenters. The van der Waals surface area contributed by atoms with Crippen LogP contribution in [0, 0.1) is 0 Å². The van der Waals surface area contributed by atoms with Crippen LogP contribution in [0.3, 0.4) is 0 Å². The molecule has 0 radical (unpaired) electrons. The second-order valence-corrected chi connectivity index (χ2v) is 12.8. The van der Waals surface area contributed by atoms with E-state index >= 15 is 0 Å². The molecule has 0 fully saturated rings. The summed E-state index contributed by atoms with van der Waals surface area (Å²) in [6.45, 7) is 5.89. The Hall–Kier alpha value is -3.67. The van der Waals surface area contributed by atoms with E-state index in [4.69, 9.17) is 14.2 Å². The standard InChI is InChI=1S/C42H60N2O4/c1-3-5-7-8-9-10-11-12-13-14-15-16-17-18-19-21-35-47-39-28-22-36(23-29-39)42(45)48-41-32-26-38(27-33-41)44-43-37-24-30-40(31-25-37)46-34-20-6-4-2/h22-33H,3-21,34-35H2,1-2H3. The molecule has 3 rings (SSSR count). The van der Waals surface area contributed by atoms with Gasteiger partial charge in [0.1, 0.15) is 17.2 Å². The maximum absolute atomic E-state index is 12.7. The number of carbonyl (C=O) groups excluding carboxylic acids is 1. The van der Waals surface area contributed by atoms with Crippen molar-refractivity contribution in [1.29, 1.82) is 0 Å². The minimum Gasteiger partial charge on any atom is -0.494 e. The van der Waals surface area contributed by atoms with Gasteiger partial charge in [0.15, 0.2) is 0 Å². The molecule has 0 saturated heterocycles. The van der Waals surface area contributed by atoms with Gasteiger partial charge in [-0.05, 0) is 85.6 Å². The first kappa shape index (κ1) is 38.8. The Labute approximate surface area is 290 Å². The fourth-order valence-corrected chi connectivity index (χ4v) is 5.54. The molecular weight excluding hydrogens is 596 g/mol. The minimum absolute atomic E-state index is 0.411. The van der Waals surface area contributed by atoms with Gasteiger partial charge in [-0.2, -0.15) is 10.2 Å². The van der Waals surface area contributed by atoms with E-state index in [1.807, 2.05) is 36.4 Å². The fourth-order valence-electron chi connectivity index (χ4n) is 5.54. The van der Waals surface area contributed by atoms with Crippen molar-refractivity contribution in [2.75, 3.05) is 13.2 Å². The molecule has 6 heteroatoms. The molecule has 0 saturated carbocycles. The van der Waals surface area contributed by atoms with E-state index in [1.54, 1.807) is 36.4 Å². The Bertz CT molecular complexity index is 1260. The zero-order chi connectivity index (χ0) is 33.9. The third kappa shape index (κ3) is 17.5. The van der Waals surface area contributed by atoms with E-state index < -0.39 is 5.97 Å². The summed E-state index contributed by atoms with van der Waals surface area (Å²) in [5.41, 5.74) is 1.88. The zero-order valence-corrected chi connectivity index (χ0v) is 29.8. The molecule has 262 valence electrons. The van der Waals surface area contributed by atoms with Crippen LogP contribution in [0.15, 0.2) is 83.0 Å². The molecule has 0 aliphatic heterocycles. The maximum atomic E-state index is 12.7. The monoisotopic (exact) mass is 656 g/mol. The molecule has 48 heavy (non-hydrogen) atoms. The van der Waals surface area contributed by atoms with Crippen LogP contribution in [0.2, 0.25) is 0 Å². The van der Waals surface area contributed by atoms with Crippen LogP contribution in [0.4, 0.5) is 11.4 Å². The van der Waals surface area contributed by atoms with Crippen LogP contribution in [0.1, 0.15) is 146 Å². The zero-order valence-electron chi connectivity index (χ0n) is 29.8. The van der Waals surface area contributed by atoms with Gasteiger partial charge < -0.3 is 14.2 Å². The molecule has 0 aliphatic rings. The van der Waals surface area contributed by atoms with Gasteiger partial charge in [-0.15, -0.1) is 0 Å². The smallest absolute Gasteiger partial charge is 0.343 e. The predicted molar refractivity (Wildman–Crippen MR) is 199 cm³/mol. The summed E-state index contributed by atoms with van der Waals surface area (Å²) in [6, 6.07) is 21.7. The number of hydrogen-bond donors (Lipinski definition) is 0. The van der Waals surface area contributed by atoms with Gasteiger partial charge in [-0.25, -0.2) is 4.79 Å². The average molecular weight is 657 g/mol. The number of hydrogen-bond acceptors (Lipinski definition) is 6. The third-order valence-corrected chi connectivity index (χ3v) is 8.54. The summed E-state index contributed by atoms with van der Waals surface area (Å²) in [5, 5.41) is 8.57. The van der Waals surface area contributed by atoms with Crippen LogP contribution >= 0.6 is 0 Å². The van der Waals surface area contributed by atoms with Crippen molar-refractivity contribution >= 4 is 17.3 Å². The normalized spacial score (nSPS) is 11.2. The molecular formula is C42H60N2O4. The van der Waals surface area contributed by atoms with Crippen molar-refractivity contribution in [3.63, 3.8) is 0 Å². The maximum Gasteiger partial charge on any atom is 0.343 e. The van der Waals surface area contributed by atoms with Crippen LogP contribution in [0.5, 0.6) is 17.2 Å². The summed E-state index contributed by atoms with van der Waals surface area (Å²) < 4.78 is 17.2. The SMILES string of the molecule is CCCCCCCCCCCCCCCCCCOc1ccc(C(=O)Oc2ccc(N=Nc3ccc(OCCCCC)cc3)cc2)cc1. The number of nitrogens with zero attached hydrogens (tertiary/aromatic N) is 2. The topological polar surface area (TPSA) is 69.5 Å². The van der Waals surface area contributed by atoms with Gasteiger partial charge in [-0.1, -0.05) is 123 Å². The van der Waals surface area contributed by atoms with Crippen molar-refractivity contribution in [2.24, 2.45) is 10.2 Å². The molecule has 0 spiro atoms. The highest BCUT2D eigenvalue weighted by atomic mass is 16.5. The number of azo groups is 1. The molecule has 0 bridgehead atoms. The Morgan fingerprint density at radius 2 is 0.771 bits per heavy atom. The van der Waals surface area contributed by atoms with Crippen molar-refractivity contribution < 1.29 is 19.0 Å². The molecule has 0 heterocycles. The van der Waals surface area contributed by atoms with E-state index in [1.165, 1.54) is 109 Å². The van der Waals surface area contributed by atoms with Gasteiger partial charge in [0.05, 0.1) is 30.2 Å². The predicted octanol–water partition coefficient (Wildman–Crippen LogP) is 13.5. The van der Waals surface area contributed by atoms with Crippen molar-refractivity contribution in [1.82, 2.24) is 0 Å². The van der Waals surface area contributed by atoms with Crippen molar-refractivity contribution in [3.05, 3.63) is 78.4 Å². The first-order valence-corrected chi connectivity index (χ1v) is 18.9. The average Bonchev–Trinajstić information content (AvgIpc) is 3.12. The van der Waals surface area contributed by atoms with Crippen LogP contribution < -0.4 is 14.2 Å². The number of rotatable bonds is 27. The third-order valence-electron chi connectivity index (χ3n) is 8.54. The number of carbonyl (C=O) groups is 1. The van der Waals surface area contributed by atoms with Gasteiger partial charge in [0, 0.05) is 0 Å². The second-order valence-electron chi connectivity index (χ2n) is 12.8. The van der Waals surface area contributed by atoms with E-state index in [2.05, 4.69) is 24.1 Å². The minimum atomic E-state index is -0.411. The Kier molecular flexibility index (Phi) is 20.5. The van der Waals surface area contributed by atoms with Gasteiger partial charge in [0.2, 0.25) is 0 Å². The Morgan fingerprint density at radius 3 is 1.21 bits per heavy atom. The quantitative estimate of drug-likeness (QED) is 0.0354. The number of ether oxygens (including phenoxy) is 3. The fraction of sp³-hybridized carbons (Fsp3) is 0.548. The van der Waals surface area contributed by atoms with Gasteiger partial charge in [0.25, 0.3) is 0 Å². The highest BCUT2D eigenvalue weighted by Crippen LogP contribution is 2.24. The number of benzene rings is 3. The second kappa shape index (κ2) is 25.4. The Balaban J connectivity index is 1.22. The lowest BCUT2D eigenvalue weighted by molar-refractivity contribution is 0.0734. The summed E-state index contributed by atoms with van der Waals surface area (Å²) in [7, 11) is 0. The molecule has 3 aromatic rings. The van der Waals surface area contributed by atoms with Crippen LogP contribution in [-0.2, 0) is 0 Å². The summed E-state index contributed by atoms with van der Waals surface area (Å²) in [6.07, 6.45) is 25.1. The van der Waals surface area contributed by atoms with Crippen molar-refractivity contribution in [2.45, 2.75) is 136 Å². The largest absolute Gasteiger partial charge is 0.494 e. The first-order chi connectivity index (χ1) is 23.7. The summed E-state index contributed by atoms with van der Waals surface area (Å²) >= 11 is 0. The molecule has 0 aromatic heterocycles. The molecule has 0 aliphatic carbocycles. The number of esters is 1. The Morgan fingerprint density at radius 1 is 0.438 bits per heavy atom. The summed E-state index contributed by atoms with van der Waals surface area (Å²) in [5.74, 6) is 1.65. The highest BCUT2D eigenvalue weighted by Gasteiger charge is 2.09. The lowest BCUT2D eigenvalue weighted by Crippen LogP contribution is -2.08. The lowest BCUT2D eigenvalue weighted by Gasteiger charge is -2.08. The van der Waals surface area contributed by atoms with Crippen molar-refractivity contribution in [3.8, 4) is 17.2 Å². The van der Waals surface area contributed by atoms with E-state index in [9.17, 15) is 4.79 Å². The van der Waals surface area contributed by atoms with Crippen LogP contribution in [-0.4, -0.2) is 19.2 Å². The number of unbranched alkanes of at least 4 members (excludes halogenated alkanes) is 17. The van der Waals surface area contributed by atoms with E-state index in [-0.39, 0.29) is 0 Å². The molecule has 3 aromatic carbocycles. The van der Waals surface area contributed by atoms with Crippen LogP contribution in [0.25, 0.3) is 0 Å². The molecule has 0 amide bonds. The van der Waals surface area contributed by atoms with E-state index in [0.29, 0.717) is 23.6 Å². The highest BCUT2D eigenvalue weighted by molar-refractivity contribution is 5.91. The first-order valence-electron chi connectivity index (χ1n) is 18.9. The molecule has 6 nitrogen and oxygen atoms in total. The molecule has 0 unspecified atom stereocenters.